The molecule has 0 aromatic carbocycles. The predicted molar refractivity (Wildman–Crippen MR) is 65.4 cm³/mol. The first kappa shape index (κ1) is 9.71. The summed E-state index contributed by atoms with van der Waals surface area (Å²) in [4.78, 5) is 0. The average Bonchev–Trinajstić information content (AvgIpc) is 2.33. The molecule has 0 N–H and O–H groups in total. The van der Waals surface area contributed by atoms with Crippen LogP contribution in [0.3, 0.4) is 0 Å². The van der Waals surface area contributed by atoms with Gasteiger partial charge < -0.3 is 4.74 Å². The largest absolute Gasteiger partial charge is 0.469 e. The van der Waals surface area contributed by atoms with E-state index in [-0.39, 0.29) is 0 Å². The van der Waals surface area contributed by atoms with Crippen molar-refractivity contribution in [3.63, 3.8) is 0 Å². The zero-order valence-corrected chi connectivity index (χ0v) is 9.25. The third-order valence-electron chi connectivity index (χ3n) is 3.62. The summed E-state index contributed by atoms with van der Waals surface area (Å²) >= 11 is 0. The Morgan fingerprint density at radius 3 is 2.94 bits per heavy atom. The minimum atomic E-state index is 0.515. The topological polar surface area (TPSA) is 9.23 Å². The Hall–Kier alpha value is -1.50. The van der Waals surface area contributed by atoms with Gasteiger partial charge in [0, 0.05) is 5.92 Å². The highest BCUT2D eigenvalue weighted by Gasteiger charge is 2.31. The Kier molecular flexibility index (Phi) is 2.53. The maximum atomic E-state index is 5.71. The van der Waals surface area contributed by atoms with Gasteiger partial charge in [0.1, 0.15) is 5.76 Å². The van der Waals surface area contributed by atoms with Crippen molar-refractivity contribution in [2.45, 2.75) is 12.8 Å². The van der Waals surface area contributed by atoms with Crippen molar-refractivity contribution < 1.29 is 4.74 Å². The van der Waals surface area contributed by atoms with Crippen LogP contribution in [0.5, 0.6) is 0 Å². The van der Waals surface area contributed by atoms with Crippen molar-refractivity contribution in [3.05, 3.63) is 60.6 Å². The first-order chi connectivity index (χ1) is 7.95. The van der Waals surface area contributed by atoms with Crippen molar-refractivity contribution in [1.82, 2.24) is 0 Å². The van der Waals surface area contributed by atoms with Crippen LogP contribution in [-0.4, -0.2) is 0 Å². The summed E-state index contributed by atoms with van der Waals surface area (Å²) in [6, 6.07) is 0. The van der Waals surface area contributed by atoms with Gasteiger partial charge in [-0.3, -0.25) is 0 Å². The molecule has 0 aromatic heterocycles. The van der Waals surface area contributed by atoms with E-state index >= 15 is 0 Å². The molecular formula is C15H16O. The summed E-state index contributed by atoms with van der Waals surface area (Å²) in [6.45, 7) is 0. The van der Waals surface area contributed by atoms with Crippen LogP contribution in [0.15, 0.2) is 60.6 Å². The monoisotopic (exact) mass is 212 g/mol. The first-order valence-corrected chi connectivity index (χ1v) is 5.98. The number of ether oxygens (including phenoxy) is 1. The van der Waals surface area contributed by atoms with E-state index in [1.54, 1.807) is 0 Å². The Bertz CT molecular complexity index is 409. The van der Waals surface area contributed by atoms with Crippen LogP contribution in [0.1, 0.15) is 12.8 Å². The van der Waals surface area contributed by atoms with Crippen molar-refractivity contribution in [2.75, 3.05) is 0 Å². The quantitative estimate of drug-likeness (QED) is 0.594. The van der Waals surface area contributed by atoms with Crippen molar-refractivity contribution in [2.24, 2.45) is 17.8 Å². The van der Waals surface area contributed by atoms with Gasteiger partial charge in [0.15, 0.2) is 0 Å². The van der Waals surface area contributed by atoms with Gasteiger partial charge in [0.05, 0.1) is 6.26 Å². The lowest BCUT2D eigenvalue weighted by atomic mass is 9.74. The lowest BCUT2D eigenvalue weighted by molar-refractivity contribution is 0.219. The Balaban J connectivity index is 1.96. The highest BCUT2D eigenvalue weighted by atomic mass is 16.5. The van der Waals surface area contributed by atoms with Crippen LogP contribution in [-0.2, 0) is 4.74 Å². The fraction of sp³-hybridized carbons (Fsp3) is 0.333. The molecule has 3 unspecified atom stereocenters. The summed E-state index contributed by atoms with van der Waals surface area (Å²) in [5, 5.41) is 0. The van der Waals surface area contributed by atoms with Gasteiger partial charge in [-0.05, 0) is 36.8 Å². The summed E-state index contributed by atoms with van der Waals surface area (Å²) in [6.07, 6.45) is 21.6. The van der Waals surface area contributed by atoms with Gasteiger partial charge in [0.2, 0.25) is 0 Å². The van der Waals surface area contributed by atoms with E-state index in [9.17, 15) is 0 Å². The molecular weight excluding hydrogens is 196 g/mol. The molecule has 1 heteroatoms. The second-order valence-corrected chi connectivity index (χ2v) is 4.58. The number of hydrogen-bond acceptors (Lipinski definition) is 1. The molecule has 0 bridgehead atoms. The van der Waals surface area contributed by atoms with Gasteiger partial charge in [-0.2, -0.15) is 0 Å². The summed E-state index contributed by atoms with van der Waals surface area (Å²) < 4.78 is 5.71. The van der Waals surface area contributed by atoms with Crippen LogP contribution in [0.25, 0.3) is 0 Å². The van der Waals surface area contributed by atoms with Gasteiger partial charge in [-0.15, -0.1) is 0 Å². The first-order valence-electron chi connectivity index (χ1n) is 5.98. The zero-order chi connectivity index (χ0) is 10.8. The Morgan fingerprint density at radius 2 is 1.94 bits per heavy atom. The van der Waals surface area contributed by atoms with Crippen molar-refractivity contribution in [1.29, 1.82) is 0 Å². The van der Waals surface area contributed by atoms with Crippen LogP contribution in [0.2, 0.25) is 0 Å². The lowest BCUT2D eigenvalue weighted by Crippen LogP contribution is -2.25. The van der Waals surface area contributed by atoms with E-state index < -0.39 is 0 Å². The molecule has 1 heterocycles. The molecule has 1 aliphatic heterocycles. The Morgan fingerprint density at radius 1 is 1.00 bits per heavy atom. The average molecular weight is 212 g/mol. The molecule has 82 valence electrons. The summed E-state index contributed by atoms with van der Waals surface area (Å²) in [7, 11) is 0. The third kappa shape index (κ3) is 1.67. The molecule has 3 atom stereocenters. The normalized spacial score (nSPS) is 35.5. The molecule has 16 heavy (non-hydrogen) atoms. The fourth-order valence-corrected chi connectivity index (χ4v) is 2.78. The number of hydrogen-bond donors (Lipinski definition) is 0. The molecule has 0 amide bonds. The fourth-order valence-electron chi connectivity index (χ4n) is 2.78. The third-order valence-corrected chi connectivity index (χ3v) is 3.62. The maximum Gasteiger partial charge on any atom is 0.107 e. The summed E-state index contributed by atoms with van der Waals surface area (Å²) in [5.41, 5.74) is 0. The lowest BCUT2D eigenvalue weighted by Gasteiger charge is -2.34. The highest BCUT2D eigenvalue weighted by molar-refractivity contribution is 5.25. The molecule has 0 saturated heterocycles. The van der Waals surface area contributed by atoms with E-state index in [0.29, 0.717) is 17.8 Å². The van der Waals surface area contributed by atoms with E-state index in [0.717, 1.165) is 18.6 Å². The molecule has 0 aromatic rings. The van der Waals surface area contributed by atoms with Crippen molar-refractivity contribution in [3.8, 4) is 0 Å². The maximum absolute atomic E-state index is 5.71. The minimum Gasteiger partial charge on any atom is -0.469 e. The van der Waals surface area contributed by atoms with E-state index in [4.69, 9.17) is 4.74 Å². The van der Waals surface area contributed by atoms with E-state index in [1.165, 1.54) is 0 Å². The highest BCUT2D eigenvalue weighted by Crippen LogP contribution is 2.39. The van der Waals surface area contributed by atoms with Crippen LogP contribution >= 0.6 is 0 Å². The van der Waals surface area contributed by atoms with Gasteiger partial charge in [0.25, 0.3) is 0 Å². The van der Waals surface area contributed by atoms with Crippen LogP contribution in [0.4, 0.5) is 0 Å². The van der Waals surface area contributed by atoms with Gasteiger partial charge in [-0.1, -0.05) is 36.5 Å². The molecule has 0 fully saturated rings. The second kappa shape index (κ2) is 4.17. The molecule has 2 aliphatic carbocycles. The predicted octanol–water partition coefficient (Wildman–Crippen LogP) is 3.74. The standard InChI is InChI=1S/C15H16O/c1-2-8-13-12(6-1)7-5-11-16-15-10-4-3-9-14(13)15/h1-6,8,10-14H,7,9H2. The van der Waals surface area contributed by atoms with E-state index in [2.05, 4.69) is 48.6 Å². The molecule has 0 spiro atoms. The number of rotatable bonds is 0. The molecule has 3 aliphatic rings. The van der Waals surface area contributed by atoms with E-state index in [1.807, 2.05) is 6.26 Å². The zero-order valence-electron chi connectivity index (χ0n) is 9.25. The number of fused-ring (bicyclic) bond motifs is 3. The van der Waals surface area contributed by atoms with Gasteiger partial charge in [-0.25, -0.2) is 0 Å². The molecule has 0 saturated carbocycles. The molecule has 0 radical (unpaired) electrons. The minimum absolute atomic E-state index is 0.515. The molecule has 1 nitrogen and oxygen atoms in total. The number of allylic oxidation sites excluding steroid dienone is 9. The molecule has 3 rings (SSSR count). The van der Waals surface area contributed by atoms with Gasteiger partial charge >= 0.3 is 0 Å². The van der Waals surface area contributed by atoms with Crippen LogP contribution < -0.4 is 0 Å². The van der Waals surface area contributed by atoms with Crippen molar-refractivity contribution >= 4 is 0 Å². The summed E-state index contributed by atoms with van der Waals surface area (Å²) in [5.74, 6) is 2.85. The smallest absolute Gasteiger partial charge is 0.107 e. The van der Waals surface area contributed by atoms with Crippen LogP contribution in [0, 0.1) is 17.8 Å². The SMILES string of the molecule is C1=CCC2C(=C1)OC=CCC1C=CC=CC12. The second-order valence-electron chi connectivity index (χ2n) is 4.58. The Labute approximate surface area is 96.5 Å².